The van der Waals surface area contributed by atoms with Crippen molar-refractivity contribution in [3.05, 3.63) is 46.7 Å². The summed E-state index contributed by atoms with van der Waals surface area (Å²) in [5, 5.41) is 9.61. The Labute approximate surface area is 147 Å². The van der Waals surface area contributed by atoms with Gasteiger partial charge in [-0.25, -0.2) is 9.97 Å². The van der Waals surface area contributed by atoms with E-state index in [1.165, 1.54) is 0 Å². The normalized spacial score (nSPS) is 17.4. The minimum Gasteiger partial charge on any atom is -0.368 e. The van der Waals surface area contributed by atoms with Gasteiger partial charge in [0.25, 0.3) is 0 Å². The highest BCUT2D eigenvalue weighted by Crippen LogP contribution is 2.30. The quantitative estimate of drug-likeness (QED) is 0.856. The van der Waals surface area contributed by atoms with Crippen molar-refractivity contribution in [1.82, 2.24) is 9.97 Å². The van der Waals surface area contributed by atoms with E-state index in [1.54, 1.807) is 12.3 Å². The Morgan fingerprint density at radius 1 is 1.38 bits per heavy atom. The number of likely N-dealkylation sites (N-methyl/N-ethyl adjacent to an activating group) is 1. The van der Waals surface area contributed by atoms with Crippen LogP contribution in [0, 0.1) is 18.3 Å². The molecule has 1 fully saturated rings. The van der Waals surface area contributed by atoms with Crippen molar-refractivity contribution >= 4 is 23.2 Å². The van der Waals surface area contributed by atoms with Crippen LogP contribution in [-0.2, 0) is 0 Å². The van der Waals surface area contributed by atoms with Crippen molar-refractivity contribution in [3.63, 3.8) is 0 Å². The molecule has 2 aromatic rings. The van der Waals surface area contributed by atoms with E-state index in [9.17, 15) is 0 Å². The lowest BCUT2D eigenvalue weighted by Crippen LogP contribution is -2.47. The first kappa shape index (κ1) is 16.5. The molecular formula is C18H20ClN5. The number of benzene rings is 1. The molecule has 0 aliphatic carbocycles. The molecule has 5 nitrogen and oxygen atoms in total. The predicted octanol–water partition coefficient (Wildman–Crippen LogP) is 3.42. The zero-order valence-electron chi connectivity index (χ0n) is 13.9. The fourth-order valence-electron chi connectivity index (χ4n) is 3.09. The molecule has 124 valence electrons. The van der Waals surface area contributed by atoms with Crippen LogP contribution in [0.3, 0.4) is 0 Å². The highest BCUT2D eigenvalue weighted by atomic mass is 35.5. The molecule has 2 heterocycles. The molecule has 1 aliphatic heterocycles. The van der Waals surface area contributed by atoms with Gasteiger partial charge < -0.3 is 9.80 Å². The lowest BCUT2D eigenvalue weighted by Gasteiger charge is -2.39. The number of hydrogen-bond acceptors (Lipinski definition) is 5. The highest BCUT2D eigenvalue weighted by Gasteiger charge is 2.26. The summed E-state index contributed by atoms with van der Waals surface area (Å²) >= 11 is 6.38. The van der Waals surface area contributed by atoms with Gasteiger partial charge in [0, 0.05) is 38.1 Å². The Bertz CT molecular complexity index is 770. The van der Waals surface area contributed by atoms with Gasteiger partial charge >= 0.3 is 0 Å². The SMILES string of the molecule is Cc1ccnc(N(C)C2CCCN(c3ccc(C#N)cc3Cl)C2)n1. The highest BCUT2D eigenvalue weighted by molar-refractivity contribution is 6.33. The fourth-order valence-corrected chi connectivity index (χ4v) is 3.39. The number of hydrogen-bond donors (Lipinski definition) is 0. The van der Waals surface area contributed by atoms with Crippen molar-refractivity contribution in [2.45, 2.75) is 25.8 Å². The van der Waals surface area contributed by atoms with E-state index >= 15 is 0 Å². The van der Waals surface area contributed by atoms with Crippen LogP contribution in [0.4, 0.5) is 11.6 Å². The minimum absolute atomic E-state index is 0.326. The van der Waals surface area contributed by atoms with Crippen molar-refractivity contribution in [2.75, 3.05) is 29.9 Å². The second kappa shape index (κ2) is 7.06. The molecule has 1 aromatic heterocycles. The molecule has 6 heteroatoms. The summed E-state index contributed by atoms with van der Waals surface area (Å²) in [6.45, 7) is 3.80. The van der Waals surface area contributed by atoms with Gasteiger partial charge in [-0.15, -0.1) is 0 Å². The summed E-state index contributed by atoms with van der Waals surface area (Å²) in [5.74, 6) is 0.757. The van der Waals surface area contributed by atoms with Crippen molar-refractivity contribution in [1.29, 1.82) is 5.26 Å². The summed E-state index contributed by atoms with van der Waals surface area (Å²) in [6, 6.07) is 9.84. The molecule has 1 aliphatic rings. The van der Waals surface area contributed by atoms with E-state index in [0.717, 1.165) is 43.3 Å². The van der Waals surface area contributed by atoms with Gasteiger partial charge in [0.05, 0.1) is 22.3 Å². The summed E-state index contributed by atoms with van der Waals surface area (Å²) in [7, 11) is 2.04. The zero-order chi connectivity index (χ0) is 17.1. The first-order chi connectivity index (χ1) is 11.6. The van der Waals surface area contributed by atoms with Crippen LogP contribution in [0.5, 0.6) is 0 Å². The Balaban J connectivity index is 1.78. The first-order valence-corrected chi connectivity index (χ1v) is 8.43. The topological polar surface area (TPSA) is 56.1 Å². The van der Waals surface area contributed by atoms with E-state index in [-0.39, 0.29) is 0 Å². The average molecular weight is 342 g/mol. The molecule has 1 aromatic carbocycles. The van der Waals surface area contributed by atoms with Gasteiger partial charge in [-0.3, -0.25) is 0 Å². The Morgan fingerprint density at radius 3 is 2.92 bits per heavy atom. The maximum Gasteiger partial charge on any atom is 0.225 e. The maximum atomic E-state index is 8.98. The Hall–Kier alpha value is -2.32. The predicted molar refractivity (Wildman–Crippen MR) is 96.6 cm³/mol. The minimum atomic E-state index is 0.326. The van der Waals surface area contributed by atoms with Crippen LogP contribution < -0.4 is 9.80 Å². The number of aryl methyl sites for hydroxylation is 1. The molecule has 0 amide bonds. The second-order valence-corrected chi connectivity index (χ2v) is 6.54. The zero-order valence-corrected chi connectivity index (χ0v) is 14.7. The average Bonchev–Trinajstić information content (AvgIpc) is 2.61. The lowest BCUT2D eigenvalue weighted by atomic mass is 10.0. The van der Waals surface area contributed by atoms with Crippen LogP contribution in [0.2, 0.25) is 5.02 Å². The molecule has 1 saturated heterocycles. The summed E-state index contributed by atoms with van der Waals surface area (Å²) in [4.78, 5) is 13.3. The molecule has 0 saturated carbocycles. The molecule has 1 atom stereocenters. The fraction of sp³-hybridized carbons (Fsp3) is 0.389. The number of nitriles is 1. The lowest BCUT2D eigenvalue weighted by molar-refractivity contribution is 0.483. The summed E-state index contributed by atoms with van der Waals surface area (Å²) < 4.78 is 0. The van der Waals surface area contributed by atoms with Gasteiger partial charge in [-0.2, -0.15) is 5.26 Å². The van der Waals surface area contributed by atoms with Crippen molar-refractivity contribution < 1.29 is 0 Å². The van der Waals surface area contributed by atoms with Gasteiger partial charge in [-0.1, -0.05) is 11.6 Å². The molecule has 0 N–H and O–H groups in total. The smallest absolute Gasteiger partial charge is 0.225 e. The third-order valence-corrected chi connectivity index (χ3v) is 4.76. The molecule has 0 radical (unpaired) electrons. The van der Waals surface area contributed by atoms with Gasteiger partial charge in [-0.05, 0) is 44.0 Å². The standard InChI is InChI=1S/C18H20ClN5/c1-13-7-8-21-18(22-13)23(2)15-4-3-9-24(12-15)17-6-5-14(11-20)10-16(17)19/h5-8,10,15H,3-4,9,12H2,1-2H3. The molecule has 3 rings (SSSR count). The number of rotatable bonds is 3. The number of anilines is 2. The van der Waals surface area contributed by atoms with E-state index in [2.05, 4.69) is 25.8 Å². The van der Waals surface area contributed by atoms with Gasteiger partial charge in [0.15, 0.2) is 0 Å². The summed E-state index contributed by atoms with van der Waals surface area (Å²) in [5.41, 5.74) is 2.54. The molecular weight excluding hydrogens is 322 g/mol. The molecule has 1 unspecified atom stereocenters. The van der Waals surface area contributed by atoms with E-state index < -0.39 is 0 Å². The monoisotopic (exact) mass is 341 g/mol. The van der Waals surface area contributed by atoms with Crippen molar-refractivity contribution in [2.24, 2.45) is 0 Å². The third-order valence-electron chi connectivity index (χ3n) is 4.46. The molecule has 0 bridgehead atoms. The molecule has 0 spiro atoms. The van der Waals surface area contributed by atoms with Gasteiger partial charge in [0.1, 0.15) is 0 Å². The maximum absolute atomic E-state index is 8.98. The second-order valence-electron chi connectivity index (χ2n) is 6.13. The third kappa shape index (κ3) is 3.44. The van der Waals surface area contributed by atoms with Crippen LogP contribution in [0.1, 0.15) is 24.1 Å². The number of halogens is 1. The molecule has 24 heavy (non-hydrogen) atoms. The van der Waals surface area contributed by atoms with Crippen molar-refractivity contribution in [3.8, 4) is 6.07 Å². The summed E-state index contributed by atoms with van der Waals surface area (Å²) in [6.07, 6.45) is 3.97. The van der Waals surface area contributed by atoms with Crippen LogP contribution in [0.25, 0.3) is 0 Å². The number of aromatic nitrogens is 2. The van der Waals surface area contributed by atoms with E-state index in [4.69, 9.17) is 16.9 Å². The Kier molecular flexibility index (Phi) is 4.86. The van der Waals surface area contributed by atoms with Crippen LogP contribution in [0.15, 0.2) is 30.5 Å². The Morgan fingerprint density at radius 2 is 2.21 bits per heavy atom. The van der Waals surface area contributed by atoms with E-state index in [0.29, 0.717) is 16.6 Å². The number of nitrogens with zero attached hydrogens (tertiary/aromatic N) is 5. The van der Waals surface area contributed by atoms with Crippen LogP contribution >= 0.6 is 11.6 Å². The number of piperidine rings is 1. The van der Waals surface area contributed by atoms with E-state index in [1.807, 2.05) is 32.2 Å². The van der Waals surface area contributed by atoms with Crippen LogP contribution in [-0.4, -0.2) is 36.1 Å². The van der Waals surface area contributed by atoms with Gasteiger partial charge in [0.2, 0.25) is 5.95 Å². The largest absolute Gasteiger partial charge is 0.368 e. The first-order valence-electron chi connectivity index (χ1n) is 8.05.